The minimum absolute atomic E-state index is 0.223. The van der Waals surface area contributed by atoms with Gasteiger partial charge in [0.1, 0.15) is 0 Å². The first-order chi connectivity index (χ1) is 11.1. The van der Waals surface area contributed by atoms with Crippen molar-refractivity contribution in [2.75, 3.05) is 50.7 Å². The number of nitrogens with zero attached hydrogens (tertiary/aromatic N) is 4. The van der Waals surface area contributed by atoms with Gasteiger partial charge < -0.3 is 20.9 Å². The summed E-state index contributed by atoms with van der Waals surface area (Å²) in [4.78, 5) is 15.9. The second-order valence-corrected chi connectivity index (χ2v) is 7.36. The average Bonchev–Trinajstić information content (AvgIpc) is 2.49. The Hall–Kier alpha value is -1.73. The molecule has 0 radical (unpaired) electrons. The number of carbonyl (C=O) groups is 1. The summed E-state index contributed by atoms with van der Waals surface area (Å²) in [5.74, 6) is 1.19. The van der Waals surface area contributed by atoms with Crippen LogP contribution in [0.4, 0.5) is 5.82 Å². The SMILES string of the molecule is NC(=O)c1ccc(N2CC3(CN(CC4CCNCC4)C3)C2)nn1. The number of nitrogens with two attached hydrogens (primary N) is 1. The van der Waals surface area contributed by atoms with Crippen LogP contribution in [0.2, 0.25) is 0 Å². The maximum atomic E-state index is 11.0. The lowest BCUT2D eigenvalue weighted by atomic mass is 9.72. The van der Waals surface area contributed by atoms with Crippen LogP contribution < -0.4 is 16.0 Å². The Morgan fingerprint density at radius 3 is 2.57 bits per heavy atom. The van der Waals surface area contributed by atoms with Crippen molar-refractivity contribution >= 4 is 11.7 Å². The predicted molar refractivity (Wildman–Crippen MR) is 87.2 cm³/mol. The van der Waals surface area contributed by atoms with Crippen LogP contribution in [0.1, 0.15) is 23.3 Å². The fourth-order valence-corrected chi connectivity index (χ4v) is 4.21. The third-order valence-electron chi connectivity index (χ3n) is 5.37. The quantitative estimate of drug-likeness (QED) is 0.793. The van der Waals surface area contributed by atoms with Gasteiger partial charge in [-0.25, -0.2) is 0 Å². The molecule has 0 unspecified atom stereocenters. The van der Waals surface area contributed by atoms with Crippen LogP contribution in [0, 0.1) is 11.3 Å². The van der Waals surface area contributed by atoms with Gasteiger partial charge in [0.2, 0.25) is 0 Å². The molecule has 0 aliphatic carbocycles. The standard InChI is InChI=1S/C16H24N6O/c17-15(23)13-1-2-14(20-19-13)22-10-16(11-22)8-21(9-16)7-12-3-5-18-6-4-12/h1-2,12,18H,3-11H2,(H2,17,23). The third-order valence-corrected chi connectivity index (χ3v) is 5.37. The number of anilines is 1. The number of likely N-dealkylation sites (tertiary alicyclic amines) is 1. The van der Waals surface area contributed by atoms with E-state index in [0.29, 0.717) is 5.41 Å². The average molecular weight is 316 g/mol. The van der Waals surface area contributed by atoms with Gasteiger partial charge in [-0.2, -0.15) is 0 Å². The smallest absolute Gasteiger partial charge is 0.269 e. The van der Waals surface area contributed by atoms with E-state index in [9.17, 15) is 4.79 Å². The summed E-state index contributed by atoms with van der Waals surface area (Å²) >= 11 is 0. The van der Waals surface area contributed by atoms with E-state index in [1.54, 1.807) is 6.07 Å². The van der Waals surface area contributed by atoms with E-state index in [4.69, 9.17) is 5.73 Å². The highest BCUT2D eigenvalue weighted by Crippen LogP contribution is 2.41. The highest BCUT2D eigenvalue weighted by atomic mass is 16.1. The maximum absolute atomic E-state index is 11.0. The Kier molecular flexibility index (Phi) is 3.69. The van der Waals surface area contributed by atoms with Gasteiger partial charge in [0, 0.05) is 38.1 Å². The van der Waals surface area contributed by atoms with Crippen molar-refractivity contribution in [1.82, 2.24) is 20.4 Å². The molecule has 0 bridgehead atoms. The number of amides is 1. The monoisotopic (exact) mass is 316 g/mol. The molecule has 4 rings (SSSR count). The van der Waals surface area contributed by atoms with Gasteiger partial charge in [0.05, 0.1) is 0 Å². The molecule has 0 aromatic carbocycles. The Morgan fingerprint density at radius 2 is 1.96 bits per heavy atom. The van der Waals surface area contributed by atoms with E-state index < -0.39 is 5.91 Å². The summed E-state index contributed by atoms with van der Waals surface area (Å²) in [6, 6.07) is 3.49. The van der Waals surface area contributed by atoms with Gasteiger partial charge in [0.15, 0.2) is 11.5 Å². The molecule has 7 nitrogen and oxygen atoms in total. The summed E-state index contributed by atoms with van der Waals surface area (Å²) < 4.78 is 0. The minimum atomic E-state index is -0.531. The fourth-order valence-electron chi connectivity index (χ4n) is 4.21. The lowest BCUT2D eigenvalue weighted by molar-refractivity contribution is -0.0331. The molecule has 23 heavy (non-hydrogen) atoms. The van der Waals surface area contributed by atoms with Crippen molar-refractivity contribution in [3.8, 4) is 0 Å². The minimum Gasteiger partial charge on any atom is -0.364 e. The number of primary amides is 1. The van der Waals surface area contributed by atoms with Crippen LogP contribution >= 0.6 is 0 Å². The van der Waals surface area contributed by atoms with E-state index in [1.807, 2.05) is 6.07 Å². The van der Waals surface area contributed by atoms with Crippen LogP contribution in [0.3, 0.4) is 0 Å². The second kappa shape index (κ2) is 5.72. The first-order valence-corrected chi connectivity index (χ1v) is 8.45. The van der Waals surface area contributed by atoms with Crippen molar-refractivity contribution in [2.45, 2.75) is 12.8 Å². The zero-order chi connectivity index (χ0) is 15.9. The molecule has 7 heteroatoms. The number of piperidine rings is 1. The topological polar surface area (TPSA) is 87.4 Å². The largest absolute Gasteiger partial charge is 0.364 e. The molecular formula is C16H24N6O. The van der Waals surface area contributed by atoms with E-state index >= 15 is 0 Å². The number of aromatic nitrogens is 2. The van der Waals surface area contributed by atoms with E-state index in [1.165, 1.54) is 45.6 Å². The fraction of sp³-hybridized carbons (Fsp3) is 0.688. The van der Waals surface area contributed by atoms with Crippen LogP contribution in [-0.2, 0) is 0 Å². The van der Waals surface area contributed by atoms with Gasteiger partial charge in [0.25, 0.3) is 5.91 Å². The molecule has 0 atom stereocenters. The van der Waals surface area contributed by atoms with Crippen molar-refractivity contribution in [3.05, 3.63) is 17.8 Å². The lowest BCUT2D eigenvalue weighted by Crippen LogP contribution is -2.72. The Bertz CT molecular complexity index is 569. The molecule has 1 spiro atoms. The Balaban J connectivity index is 1.25. The summed E-state index contributed by atoms with van der Waals surface area (Å²) in [5.41, 5.74) is 5.87. The Labute approximate surface area is 136 Å². The van der Waals surface area contributed by atoms with Crippen LogP contribution in [-0.4, -0.2) is 66.8 Å². The van der Waals surface area contributed by atoms with Gasteiger partial charge in [-0.3, -0.25) is 4.79 Å². The number of nitrogens with one attached hydrogen (secondary N) is 1. The third kappa shape index (κ3) is 2.90. The summed E-state index contributed by atoms with van der Waals surface area (Å²) in [6.45, 7) is 8.12. The highest BCUT2D eigenvalue weighted by molar-refractivity contribution is 5.90. The molecule has 3 aliphatic heterocycles. The molecule has 3 N–H and O–H groups in total. The molecular weight excluding hydrogens is 292 g/mol. The Morgan fingerprint density at radius 1 is 1.22 bits per heavy atom. The molecule has 1 aromatic rings. The molecule has 124 valence electrons. The van der Waals surface area contributed by atoms with Crippen LogP contribution in [0.5, 0.6) is 0 Å². The number of hydrogen-bond acceptors (Lipinski definition) is 6. The summed E-state index contributed by atoms with van der Waals surface area (Å²) in [5, 5.41) is 11.4. The summed E-state index contributed by atoms with van der Waals surface area (Å²) in [7, 11) is 0. The molecule has 1 aromatic heterocycles. The van der Waals surface area contributed by atoms with Crippen molar-refractivity contribution in [1.29, 1.82) is 0 Å². The molecule has 4 heterocycles. The van der Waals surface area contributed by atoms with E-state index in [-0.39, 0.29) is 5.69 Å². The summed E-state index contributed by atoms with van der Waals surface area (Å²) in [6.07, 6.45) is 2.63. The molecule has 3 fully saturated rings. The molecule has 1 amide bonds. The van der Waals surface area contributed by atoms with Crippen LogP contribution in [0.15, 0.2) is 12.1 Å². The first-order valence-electron chi connectivity index (χ1n) is 8.45. The molecule has 0 saturated carbocycles. The van der Waals surface area contributed by atoms with Crippen LogP contribution in [0.25, 0.3) is 0 Å². The number of rotatable bonds is 4. The van der Waals surface area contributed by atoms with Gasteiger partial charge in [-0.15, -0.1) is 10.2 Å². The van der Waals surface area contributed by atoms with Gasteiger partial charge >= 0.3 is 0 Å². The number of hydrogen-bond donors (Lipinski definition) is 2. The lowest BCUT2D eigenvalue weighted by Gasteiger charge is -2.61. The maximum Gasteiger partial charge on any atom is 0.269 e. The molecule has 3 saturated heterocycles. The van der Waals surface area contributed by atoms with Crippen molar-refractivity contribution < 1.29 is 4.79 Å². The van der Waals surface area contributed by atoms with Gasteiger partial charge in [-0.05, 0) is 44.0 Å². The van der Waals surface area contributed by atoms with Crippen molar-refractivity contribution in [2.24, 2.45) is 17.1 Å². The zero-order valence-corrected chi connectivity index (χ0v) is 13.4. The first kappa shape index (κ1) is 14.8. The second-order valence-electron chi connectivity index (χ2n) is 7.36. The molecule has 3 aliphatic rings. The van der Waals surface area contributed by atoms with E-state index in [0.717, 1.165) is 24.8 Å². The van der Waals surface area contributed by atoms with E-state index in [2.05, 4.69) is 25.3 Å². The number of carbonyl (C=O) groups excluding carboxylic acids is 1. The highest BCUT2D eigenvalue weighted by Gasteiger charge is 2.52. The normalized spacial score (nSPS) is 24.3. The van der Waals surface area contributed by atoms with Crippen molar-refractivity contribution in [3.63, 3.8) is 0 Å². The predicted octanol–water partition coefficient (Wildman–Crippen LogP) is -0.303. The van der Waals surface area contributed by atoms with Gasteiger partial charge in [-0.1, -0.05) is 0 Å². The zero-order valence-electron chi connectivity index (χ0n) is 13.4.